The third kappa shape index (κ3) is 7.30. The normalized spacial score (nSPS) is 18.5. The van der Waals surface area contributed by atoms with Gasteiger partial charge in [-0.1, -0.05) is 172 Å². The lowest BCUT2D eigenvalue weighted by molar-refractivity contribution is 0.332. The van der Waals surface area contributed by atoms with E-state index in [0.717, 1.165) is 6.42 Å². The van der Waals surface area contributed by atoms with Crippen LogP contribution in [-0.2, 0) is 37.9 Å². The molecule has 0 fully saturated rings. The molecule has 0 atom stereocenters. The fraction of sp³-hybridized carbons (Fsp3) is 0.424. The molecule has 2 nitrogen and oxygen atoms in total. The Morgan fingerprint density at radius 1 is 0.457 bits per heavy atom. The highest BCUT2D eigenvalue weighted by Gasteiger charge is 2.49. The third-order valence-corrected chi connectivity index (χ3v) is 18.9. The highest BCUT2D eigenvalue weighted by Crippen LogP contribution is 2.56. The van der Waals surface area contributed by atoms with E-state index in [2.05, 4.69) is 237 Å². The molecule has 4 heteroatoms. The topological polar surface area (TPSA) is 6.48 Å². The van der Waals surface area contributed by atoms with Crippen LogP contribution in [0.5, 0.6) is 0 Å². The van der Waals surface area contributed by atoms with E-state index in [0.29, 0.717) is 0 Å². The Bertz CT molecular complexity index is 3270. The van der Waals surface area contributed by atoms with Gasteiger partial charge in [0.25, 0.3) is 6.71 Å². The van der Waals surface area contributed by atoms with E-state index in [1.165, 1.54) is 129 Å². The van der Waals surface area contributed by atoms with Crippen LogP contribution in [0.1, 0.15) is 182 Å². The molecule has 1 aromatic heterocycles. The van der Waals surface area contributed by atoms with E-state index < -0.39 is 0 Å². The van der Waals surface area contributed by atoms with Crippen molar-refractivity contribution < 1.29 is 0 Å². The van der Waals surface area contributed by atoms with Gasteiger partial charge in [0, 0.05) is 43.2 Å². The van der Waals surface area contributed by atoms with Gasteiger partial charge in [-0.3, -0.25) is 0 Å². The van der Waals surface area contributed by atoms with Gasteiger partial charge in [-0.2, -0.15) is 0 Å². The van der Waals surface area contributed by atoms with Gasteiger partial charge in [0.1, 0.15) is 0 Å². The predicted molar refractivity (Wildman–Crippen MR) is 308 cm³/mol. The molecule has 2 aliphatic heterocycles. The quantitative estimate of drug-likeness (QED) is 0.163. The smallest absolute Gasteiger partial charge is 0.264 e. The second-order valence-electron chi connectivity index (χ2n) is 27.6. The lowest BCUT2D eigenvalue weighted by Gasteiger charge is -2.48. The van der Waals surface area contributed by atoms with Crippen molar-refractivity contribution in [3.63, 3.8) is 0 Å². The summed E-state index contributed by atoms with van der Waals surface area (Å²) in [5, 5.41) is 1.36. The van der Waals surface area contributed by atoms with Crippen LogP contribution in [0.15, 0.2) is 109 Å². The summed E-state index contributed by atoms with van der Waals surface area (Å²) in [7, 11) is 0. The Balaban J connectivity index is 1.33. The van der Waals surface area contributed by atoms with Crippen LogP contribution in [0.25, 0.3) is 21.2 Å². The van der Waals surface area contributed by atoms with Crippen LogP contribution in [0.4, 0.5) is 34.1 Å². The fourth-order valence-corrected chi connectivity index (χ4v) is 14.0. The molecule has 360 valence electrons. The SMILES string of the molecule is CC(C)(C)c1ccc(N2c3cc(C(C)(C)C)cc4c3B(c3cc5c(cc3N4c3cc4c(cc3-c3ccccc3)C(C)(C)CCC4(C)C)C(C)(C)CCC5(C)C)c3sc4ccc(C(C)(C)C)cc4c32)cc1. The molecule has 0 radical (unpaired) electrons. The molecule has 3 heterocycles. The zero-order chi connectivity index (χ0) is 50.0. The van der Waals surface area contributed by atoms with Crippen LogP contribution in [-0.4, -0.2) is 6.71 Å². The summed E-state index contributed by atoms with van der Waals surface area (Å²) in [5.41, 5.74) is 23.4. The van der Waals surface area contributed by atoms with E-state index in [-0.39, 0.29) is 44.6 Å². The van der Waals surface area contributed by atoms with E-state index in [9.17, 15) is 0 Å². The second kappa shape index (κ2) is 15.2. The van der Waals surface area contributed by atoms with Gasteiger partial charge >= 0.3 is 0 Å². The maximum absolute atomic E-state index is 2.79. The van der Waals surface area contributed by atoms with Crippen molar-refractivity contribution in [2.45, 2.75) is 181 Å². The second-order valence-corrected chi connectivity index (χ2v) is 28.7. The van der Waals surface area contributed by atoms with Crippen molar-refractivity contribution in [1.29, 1.82) is 0 Å². The number of fused-ring (bicyclic) bond motifs is 8. The van der Waals surface area contributed by atoms with Crippen LogP contribution in [0, 0.1) is 0 Å². The average molecular weight is 941 g/mol. The number of rotatable bonds is 3. The van der Waals surface area contributed by atoms with Crippen molar-refractivity contribution in [3.8, 4) is 11.1 Å². The molecular formula is C66H77BN2S. The van der Waals surface area contributed by atoms with Gasteiger partial charge in [-0.25, -0.2) is 0 Å². The monoisotopic (exact) mass is 941 g/mol. The molecule has 2 aliphatic carbocycles. The molecular weight excluding hydrogens is 864 g/mol. The Hall–Kier alpha value is -5.06. The molecule has 4 aliphatic rings. The molecule has 6 aromatic carbocycles. The lowest BCUT2D eigenvalue weighted by Crippen LogP contribution is -2.61. The first-order valence-corrected chi connectivity index (χ1v) is 27.3. The number of hydrogen-bond acceptors (Lipinski definition) is 3. The summed E-state index contributed by atoms with van der Waals surface area (Å²) >= 11 is 2.03. The summed E-state index contributed by atoms with van der Waals surface area (Å²) in [6.45, 7) is 41.3. The van der Waals surface area contributed by atoms with Crippen molar-refractivity contribution in [1.82, 2.24) is 0 Å². The number of thiophene rings is 1. The van der Waals surface area contributed by atoms with Crippen LogP contribution in [0.3, 0.4) is 0 Å². The molecule has 0 bridgehead atoms. The van der Waals surface area contributed by atoms with Gasteiger partial charge < -0.3 is 9.80 Å². The Labute approximate surface area is 426 Å². The average Bonchev–Trinajstić information content (AvgIpc) is 3.67. The zero-order valence-electron chi connectivity index (χ0n) is 45.6. The third-order valence-electron chi connectivity index (χ3n) is 17.7. The lowest BCUT2D eigenvalue weighted by atomic mass is 9.35. The van der Waals surface area contributed by atoms with E-state index in [1.807, 2.05) is 11.3 Å². The molecule has 0 amide bonds. The number of nitrogens with zero attached hydrogens (tertiary/aromatic N) is 2. The largest absolute Gasteiger partial charge is 0.311 e. The molecule has 0 unspecified atom stereocenters. The first kappa shape index (κ1) is 47.3. The van der Waals surface area contributed by atoms with E-state index in [4.69, 9.17) is 0 Å². The summed E-state index contributed by atoms with van der Waals surface area (Å²) in [6, 6.07) is 44.2. The maximum atomic E-state index is 2.79. The Kier molecular flexibility index (Phi) is 10.3. The highest BCUT2D eigenvalue weighted by atomic mass is 32.1. The van der Waals surface area contributed by atoms with E-state index in [1.54, 1.807) is 0 Å². The number of hydrogen-bond donors (Lipinski definition) is 0. The first-order chi connectivity index (χ1) is 32.6. The highest BCUT2D eigenvalue weighted by molar-refractivity contribution is 7.33. The molecule has 0 N–H and O–H groups in total. The van der Waals surface area contributed by atoms with Gasteiger partial charge in [-0.05, 0) is 174 Å². The Morgan fingerprint density at radius 2 is 0.943 bits per heavy atom. The molecule has 0 spiro atoms. The Morgan fingerprint density at radius 3 is 1.49 bits per heavy atom. The van der Waals surface area contributed by atoms with Gasteiger partial charge in [-0.15, -0.1) is 11.3 Å². The number of anilines is 6. The first-order valence-electron chi connectivity index (χ1n) is 26.5. The zero-order valence-corrected chi connectivity index (χ0v) is 46.4. The van der Waals surface area contributed by atoms with Crippen molar-refractivity contribution in [3.05, 3.63) is 148 Å². The molecule has 11 rings (SSSR count). The fourth-order valence-electron chi connectivity index (χ4n) is 12.7. The van der Waals surface area contributed by atoms with Crippen molar-refractivity contribution in [2.75, 3.05) is 9.80 Å². The minimum atomic E-state index is -0.128. The summed E-state index contributed by atoms with van der Waals surface area (Å²) in [5.74, 6) is 0. The molecule has 7 aromatic rings. The van der Waals surface area contributed by atoms with Gasteiger partial charge in [0.2, 0.25) is 0 Å². The summed E-state index contributed by atoms with van der Waals surface area (Å²) in [4.78, 5) is 5.48. The van der Waals surface area contributed by atoms with Crippen LogP contribution < -0.4 is 25.5 Å². The molecule has 70 heavy (non-hydrogen) atoms. The summed E-state index contributed by atoms with van der Waals surface area (Å²) < 4.78 is 2.80. The molecule has 0 saturated carbocycles. The maximum Gasteiger partial charge on any atom is 0.264 e. The standard InChI is InChI=1S/C66H77BN2S/c1-60(2,3)41-23-26-44(27-24-41)68-54-34-43(62(7,8)9)35-55-57(54)67(59-58(68)46-33-42(61(4,5)6)25-28-56(46)70-59)51-37-48-50(66(16,17)32-30-64(48,12)13)39-53(51)69(55)52-38-49-47(63(10,11)29-31-65(49,14)15)36-45(52)40-21-19-18-20-22-40/h18-28,33-39H,29-32H2,1-17H3. The van der Waals surface area contributed by atoms with Gasteiger partial charge in [0.15, 0.2) is 0 Å². The van der Waals surface area contributed by atoms with Crippen molar-refractivity contribution in [2.24, 2.45) is 0 Å². The number of benzene rings is 6. The predicted octanol–water partition coefficient (Wildman–Crippen LogP) is 17.2. The minimum absolute atomic E-state index is 0.00580. The van der Waals surface area contributed by atoms with Crippen LogP contribution >= 0.6 is 11.3 Å². The van der Waals surface area contributed by atoms with Crippen LogP contribution in [0.2, 0.25) is 0 Å². The minimum Gasteiger partial charge on any atom is -0.311 e. The summed E-state index contributed by atoms with van der Waals surface area (Å²) in [6.07, 6.45) is 4.68. The van der Waals surface area contributed by atoms with E-state index >= 15 is 0 Å². The molecule has 0 saturated heterocycles. The van der Waals surface area contributed by atoms with Gasteiger partial charge in [0.05, 0.1) is 11.4 Å². The van der Waals surface area contributed by atoms with Crippen molar-refractivity contribution >= 4 is 78.0 Å².